The molecule has 1 heterocycles. The second-order valence-electron chi connectivity index (χ2n) is 8.09. The Hall–Kier alpha value is -2.49. The molecule has 1 saturated carbocycles. The average molecular weight is 488 g/mol. The van der Waals surface area contributed by atoms with E-state index in [1.54, 1.807) is 7.05 Å². The Labute approximate surface area is 198 Å². The highest BCUT2D eigenvalue weighted by molar-refractivity contribution is 7.89. The number of ether oxygens (including phenoxy) is 1. The van der Waals surface area contributed by atoms with Gasteiger partial charge in [-0.25, -0.2) is 8.42 Å². The maximum atomic E-state index is 13.0. The summed E-state index contributed by atoms with van der Waals surface area (Å²) in [5.74, 6) is 0.383. The topological polar surface area (TPSA) is 81.0 Å². The first-order chi connectivity index (χ1) is 15.8. The number of aromatic nitrogens is 1. The van der Waals surface area contributed by atoms with Crippen LogP contribution in [0.1, 0.15) is 49.9 Å². The number of nitrogens with zero attached hydrogens (tertiary/aromatic N) is 3. The second kappa shape index (κ2) is 9.79. The van der Waals surface area contributed by atoms with Gasteiger partial charge in [-0.2, -0.15) is 9.30 Å². The molecule has 0 aliphatic heterocycles. The standard InChI is InChI=1S/C24H29N3O4S2/c1-4-27-21-15-12-19(31-5-2)16-22(21)32-24(27)25-23(28)17-10-13-20(14-11-17)33(29,30)26(3)18-8-6-7-9-18/h10-16,18H,4-9H2,1-3H3. The summed E-state index contributed by atoms with van der Waals surface area (Å²) >= 11 is 1.43. The predicted octanol–water partition coefficient (Wildman–Crippen LogP) is 4.43. The molecule has 0 saturated heterocycles. The number of hydrogen-bond acceptors (Lipinski definition) is 5. The Balaban J connectivity index is 1.61. The van der Waals surface area contributed by atoms with E-state index in [9.17, 15) is 13.2 Å². The summed E-state index contributed by atoms with van der Waals surface area (Å²) in [6.45, 7) is 5.20. The Kier molecular flexibility index (Phi) is 7.02. The first kappa shape index (κ1) is 23.7. The number of hydrogen-bond donors (Lipinski definition) is 0. The molecule has 1 aliphatic rings. The van der Waals surface area contributed by atoms with Crippen LogP contribution in [0.15, 0.2) is 52.4 Å². The molecule has 4 rings (SSSR count). The number of amides is 1. The summed E-state index contributed by atoms with van der Waals surface area (Å²) in [5.41, 5.74) is 1.35. The van der Waals surface area contributed by atoms with Crippen molar-refractivity contribution in [3.63, 3.8) is 0 Å². The van der Waals surface area contributed by atoms with Crippen LogP contribution in [-0.4, -0.2) is 42.9 Å². The summed E-state index contributed by atoms with van der Waals surface area (Å²) in [5, 5.41) is 0. The number of rotatable bonds is 7. The lowest BCUT2D eigenvalue weighted by Gasteiger charge is -2.23. The van der Waals surface area contributed by atoms with Crippen molar-refractivity contribution in [3.8, 4) is 5.75 Å². The molecular formula is C24H29N3O4S2. The lowest BCUT2D eigenvalue weighted by atomic mass is 10.2. The van der Waals surface area contributed by atoms with Crippen molar-refractivity contribution in [3.05, 3.63) is 52.8 Å². The average Bonchev–Trinajstić information content (AvgIpc) is 3.46. The van der Waals surface area contributed by atoms with E-state index in [1.165, 1.54) is 39.9 Å². The third-order valence-corrected chi connectivity index (χ3v) is 9.06. The van der Waals surface area contributed by atoms with Crippen molar-refractivity contribution >= 4 is 37.5 Å². The SMILES string of the molecule is CCOc1ccc2c(c1)sc(=NC(=O)c1ccc(S(=O)(=O)N(C)C3CCCC3)cc1)n2CC. The monoisotopic (exact) mass is 487 g/mol. The van der Waals surface area contributed by atoms with Crippen LogP contribution in [0.4, 0.5) is 0 Å². The van der Waals surface area contributed by atoms with Crippen molar-refractivity contribution in [1.29, 1.82) is 0 Å². The van der Waals surface area contributed by atoms with Crippen LogP contribution in [0.25, 0.3) is 10.2 Å². The highest BCUT2D eigenvalue weighted by atomic mass is 32.2. The van der Waals surface area contributed by atoms with Gasteiger partial charge in [0.15, 0.2) is 4.80 Å². The van der Waals surface area contributed by atoms with Crippen molar-refractivity contribution in [1.82, 2.24) is 8.87 Å². The van der Waals surface area contributed by atoms with Gasteiger partial charge in [-0.3, -0.25) is 4.79 Å². The zero-order valence-electron chi connectivity index (χ0n) is 19.2. The van der Waals surface area contributed by atoms with Gasteiger partial charge in [0.05, 0.1) is 21.7 Å². The van der Waals surface area contributed by atoms with E-state index < -0.39 is 15.9 Å². The van der Waals surface area contributed by atoms with Gasteiger partial charge in [-0.15, -0.1) is 0 Å². The van der Waals surface area contributed by atoms with Gasteiger partial charge in [0, 0.05) is 25.2 Å². The maximum Gasteiger partial charge on any atom is 0.279 e. The summed E-state index contributed by atoms with van der Waals surface area (Å²) in [6, 6.07) is 12.0. The molecule has 1 fully saturated rings. The lowest BCUT2D eigenvalue weighted by molar-refractivity contribution is 0.0997. The maximum absolute atomic E-state index is 13.0. The van der Waals surface area contributed by atoms with Crippen LogP contribution in [0.3, 0.4) is 0 Å². The fraction of sp³-hybridized carbons (Fsp3) is 0.417. The van der Waals surface area contributed by atoms with Crippen LogP contribution in [-0.2, 0) is 16.6 Å². The minimum Gasteiger partial charge on any atom is -0.494 e. The quantitative estimate of drug-likeness (QED) is 0.494. The Morgan fingerprint density at radius 1 is 1.15 bits per heavy atom. The predicted molar refractivity (Wildman–Crippen MR) is 130 cm³/mol. The van der Waals surface area contributed by atoms with Crippen LogP contribution in [0, 0.1) is 0 Å². The van der Waals surface area contributed by atoms with E-state index in [1.807, 2.05) is 36.6 Å². The molecule has 3 aromatic rings. The van der Waals surface area contributed by atoms with Gasteiger partial charge in [-0.05, 0) is 69.2 Å². The highest BCUT2D eigenvalue weighted by Crippen LogP contribution is 2.27. The lowest BCUT2D eigenvalue weighted by Crippen LogP contribution is -2.35. The van der Waals surface area contributed by atoms with Crippen LogP contribution in [0.2, 0.25) is 0 Å². The van der Waals surface area contributed by atoms with Crippen LogP contribution >= 0.6 is 11.3 Å². The molecule has 0 N–H and O–H groups in total. The number of benzene rings is 2. The molecule has 0 atom stereocenters. The molecular weight excluding hydrogens is 458 g/mol. The second-order valence-corrected chi connectivity index (χ2v) is 11.1. The number of carbonyl (C=O) groups excluding carboxylic acids is 1. The summed E-state index contributed by atoms with van der Waals surface area (Å²) in [7, 11) is -1.94. The molecule has 33 heavy (non-hydrogen) atoms. The fourth-order valence-corrected chi connectivity index (χ4v) is 6.79. The minimum absolute atomic E-state index is 0.0481. The van der Waals surface area contributed by atoms with Gasteiger partial charge in [-0.1, -0.05) is 24.2 Å². The molecule has 176 valence electrons. The Morgan fingerprint density at radius 3 is 2.48 bits per heavy atom. The van der Waals surface area contributed by atoms with Crippen molar-refractivity contribution in [2.24, 2.45) is 4.99 Å². The molecule has 0 radical (unpaired) electrons. The number of fused-ring (bicyclic) bond motifs is 1. The van der Waals surface area contributed by atoms with Gasteiger partial charge >= 0.3 is 0 Å². The van der Waals surface area contributed by atoms with Crippen molar-refractivity contribution < 1.29 is 17.9 Å². The van der Waals surface area contributed by atoms with Crippen LogP contribution < -0.4 is 9.54 Å². The van der Waals surface area contributed by atoms with Gasteiger partial charge in [0.2, 0.25) is 10.0 Å². The number of thiazole rings is 1. The highest BCUT2D eigenvalue weighted by Gasteiger charge is 2.30. The molecule has 1 amide bonds. The fourth-order valence-electron chi connectivity index (χ4n) is 4.25. The molecule has 0 spiro atoms. The normalized spacial score (nSPS) is 15.6. The Morgan fingerprint density at radius 2 is 1.85 bits per heavy atom. The molecule has 1 aromatic heterocycles. The molecule has 7 nitrogen and oxygen atoms in total. The Bertz CT molecular complexity index is 1320. The minimum atomic E-state index is -3.58. The van der Waals surface area contributed by atoms with Crippen molar-refractivity contribution in [2.45, 2.75) is 57.0 Å². The summed E-state index contributed by atoms with van der Waals surface area (Å²) in [4.78, 5) is 18.0. The first-order valence-corrected chi connectivity index (χ1v) is 13.5. The third kappa shape index (κ3) is 4.76. The van der Waals surface area contributed by atoms with Gasteiger partial charge < -0.3 is 9.30 Å². The molecule has 0 bridgehead atoms. The largest absolute Gasteiger partial charge is 0.494 e. The van der Waals surface area contributed by atoms with Gasteiger partial charge in [0.1, 0.15) is 5.75 Å². The summed E-state index contributed by atoms with van der Waals surface area (Å²) in [6.07, 6.45) is 3.90. The van der Waals surface area contributed by atoms with Gasteiger partial charge in [0.25, 0.3) is 5.91 Å². The van der Waals surface area contributed by atoms with E-state index in [-0.39, 0.29) is 10.9 Å². The molecule has 0 unspecified atom stereocenters. The zero-order valence-corrected chi connectivity index (χ0v) is 20.8. The van der Waals surface area contributed by atoms with E-state index in [0.29, 0.717) is 23.5 Å². The number of aryl methyl sites for hydroxylation is 1. The molecule has 9 heteroatoms. The summed E-state index contributed by atoms with van der Waals surface area (Å²) < 4.78 is 35.9. The number of carbonyl (C=O) groups is 1. The molecule has 1 aliphatic carbocycles. The van der Waals surface area contributed by atoms with Crippen LogP contribution in [0.5, 0.6) is 5.75 Å². The van der Waals surface area contributed by atoms with E-state index in [4.69, 9.17) is 4.74 Å². The number of sulfonamides is 1. The van der Waals surface area contributed by atoms with E-state index >= 15 is 0 Å². The van der Waals surface area contributed by atoms with E-state index in [0.717, 1.165) is 41.6 Å². The van der Waals surface area contributed by atoms with E-state index in [2.05, 4.69) is 4.99 Å². The molecule has 2 aromatic carbocycles. The first-order valence-electron chi connectivity index (χ1n) is 11.3. The zero-order chi connectivity index (χ0) is 23.6. The third-order valence-electron chi connectivity index (χ3n) is 6.10. The smallest absolute Gasteiger partial charge is 0.279 e. The van der Waals surface area contributed by atoms with Crippen molar-refractivity contribution in [2.75, 3.05) is 13.7 Å².